The molecule has 2 aromatic heterocycles. The number of nitrogens with one attached hydrogen (secondary N) is 4. The standard InChI is InChI=1S/C3HCl2N3O3.C3H3N3O3.Na.H/c4-7-1(9)6-2(10)8(5)3(7)11;7-1-4-2(8)6-3(9)5-1;;/h(H,6,9,10);(H3,4,5,6,7,8,9);;. The third-order valence-corrected chi connectivity index (χ3v) is 2.18. The number of aromatic nitrogens is 6. The topological polar surface area (TPSA) is 175 Å². The van der Waals surface area contributed by atoms with Gasteiger partial charge in [0.1, 0.15) is 0 Å². The molecule has 15 heteroatoms. The van der Waals surface area contributed by atoms with Crippen molar-refractivity contribution in [2.24, 2.45) is 0 Å². The Morgan fingerprint density at radius 3 is 1.19 bits per heavy atom. The second-order valence-electron chi connectivity index (χ2n) is 2.94. The van der Waals surface area contributed by atoms with Gasteiger partial charge in [-0.2, -0.15) is 0 Å². The minimum absolute atomic E-state index is 0. The molecule has 4 N–H and O–H groups in total. The van der Waals surface area contributed by atoms with Gasteiger partial charge in [-0.25, -0.2) is 28.8 Å². The zero-order chi connectivity index (χ0) is 15.4. The van der Waals surface area contributed by atoms with E-state index in [0.29, 0.717) is 0 Å². The Balaban J connectivity index is 0.000000370. The van der Waals surface area contributed by atoms with Crippen molar-refractivity contribution in [3.63, 3.8) is 0 Å². The zero-order valence-electron chi connectivity index (χ0n) is 9.10. The quantitative estimate of drug-likeness (QED) is 0.350. The molecule has 0 radical (unpaired) electrons. The summed E-state index contributed by atoms with van der Waals surface area (Å²) in [5.41, 5.74) is -5.53. The molecule has 0 aliphatic rings. The monoisotopic (exact) mass is 350 g/mol. The molecule has 0 amide bonds. The van der Waals surface area contributed by atoms with Crippen LogP contribution in [0, 0.1) is 0 Å². The number of hydrogen-bond acceptors (Lipinski definition) is 6. The molecular formula is C6H5Cl2N6NaO6. The number of rotatable bonds is 0. The Morgan fingerprint density at radius 2 is 0.905 bits per heavy atom. The molecule has 0 saturated carbocycles. The summed E-state index contributed by atoms with van der Waals surface area (Å²) in [4.78, 5) is 69.3. The average Bonchev–Trinajstić information content (AvgIpc) is 2.33. The SMILES string of the molecule is O=c1[nH]c(=O)[nH]c(=O)[nH]1.O=c1[nH]c(=O)n(Cl)c(=O)n1Cl.[NaH]. The van der Waals surface area contributed by atoms with E-state index in [0.717, 1.165) is 0 Å². The number of hydrogen-bond donors (Lipinski definition) is 4. The van der Waals surface area contributed by atoms with Crippen molar-refractivity contribution in [3.05, 3.63) is 62.9 Å². The predicted molar refractivity (Wildman–Crippen MR) is 73.5 cm³/mol. The molecule has 2 aromatic rings. The van der Waals surface area contributed by atoms with Crippen LogP contribution < -0.4 is 34.1 Å². The van der Waals surface area contributed by atoms with Gasteiger partial charge in [0.25, 0.3) is 0 Å². The van der Waals surface area contributed by atoms with E-state index in [1.54, 1.807) is 19.9 Å². The summed E-state index contributed by atoms with van der Waals surface area (Å²) in [6.45, 7) is 0. The van der Waals surface area contributed by atoms with Crippen molar-refractivity contribution in [2.45, 2.75) is 0 Å². The van der Waals surface area contributed by atoms with Gasteiger partial charge >= 0.3 is 63.7 Å². The van der Waals surface area contributed by atoms with E-state index in [4.69, 9.17) is 23.6 Å². The van der Waals surface area contributed by atoms with Gasteiger partial charge in [0.05, 0.1) is 0 Å². The van der Waals surface area contributed by atoms with Crippen LogP contribution in [0.1, 0.15) is 0 Å². The first-order valence-corrected chi connectivity index (χ1v) is 5.13. The van der Waals surface area contributed by atoms with Gasteiger partial charge < -0.3 is 0 Å². The number of H-pyrrole nitrogens is 4. The molecule has 2 heterocycles. The van der Waals surface area contributed by atoms with Crippen LogP contribution in [-0.2, 0) is 0 Å². The molecule has 0 bridgehead atoms. The van der Waals surface area contributed by atoms with Crippen molar-refractivity contribution in [1.29, 1.82) is 0 Å². The van der Waals surface area contributed by atoms with Crippen molar-refractivity contribution in [3.8, 4) is 0 Å². The maximum atomic E-state index is 10.7. The molecule has 0 aliphatic carbocycles. The fourth-order valence-electron chi connectivity index (χ4n) is 0.844. The van der Waals surface area contributed by atoms with Crippen molar-refractivity contribution < 1.29 is 0 Å². The molecule has 0 atom stereocenters. The van der Waals surface area contributed by atoms with Crippen molar-refractivity contribution >= 4 is 53.1 Å². The first-order valence-electron chi connectivity index (χ1n) is 4.46. The molecule has 0 saturated heterocycles. The fraction of sp³-hybridized carbons (Fsp3) is 0. The van der Waals surface area contributed by atoms with Crippen LogP contribution in [0.15, 0.2) is 28.8 Å². The van der Waals surface area contributed by atoms with E-state index in [-0.39, 0.29) is 37.7 Å². The Hall–Kier alpha value is -1.60. The molecular weight excluding hydrogens is 346 g/mol. The predicted octanol–water partition coefficient (Wildman–Crippen LogP) is -4.19. The van der Waals surface area contributed by atoms with Crippen LogP contribution in [0.4, 0.5) is 0 Å². The maximum absolute atomic E-state index is 10.7. The molecule has 0 aromatic carbocycles. The Kier molecular flexibility index (Phi) is 7.38. The molecule has 0 unspecified atom stereocenters. The average molecular weight is 351 g/mol. The van der Waals surface area contributed by atoms with E-state index >= 15 is 0 Å². The van der Waals surface area contributed by atoms with Crippen LogP contribution in [-0.4, -0.2) is 57.7 Å². The van der Waals surface area contributed by atoms with Gasteiger partial charge in [-0.15, -0.1) is 8.17 Å². The van der Waals surface area contributed by atoms with Gasteiger partial charge in [0, 0.05) is 23.6 Å². The van der Waals surface area contributed by atoms with Gasteiger partial charge in [-0.3, -0.25) is 19.9 Å². The third kappa shape index (κ3) is 5.35. The fourth-order valence-corrected chi connectivity index (χ4v) is 1.12. The van der Waals surface area contributed by atoms with Crippen LogP contribution in [0.25, 0.3) is 0 Å². The summed E-state index contributed by atoms with van der Waals surface area (Å²) in [5, 5.41) is 0. The summed E-state index contributed by atoms with van der Waals surface area (Å²) in [6, 6.07) is 0. The first kappa shape index (κ1) is 19.4. The second-order valence-corrected chi connectivity index (χ2v) is 3.62. The van der Waals surface area contributed by atoms with Crippen LogP contribution in [0.3, 0.4) is 0 Å². The van der Waals surface area contributed by atoms with Crippen molar-refractivity contribution in [2.75, 3.05) is 0 Å². The summed E-state index contributed by atoms with van der Waals surface area (Å²) in [7, 11) is 0. The number of nitrogens with zero attached hydrogens (tertiary/aromatic N) is 2. The Morgan fingerprint density at radius 1 is 0.619 bits per heavy atom. The summed E-state index contributed by atoms with van der Waals surface area (Å²) in [5.74, 6) is 0. The molecule has 2 rings (SSSR count). The normalized spacial score (nSPS) is 9.24. The molecule has 110 valence electrons. The van der Waals surface area contributed by atoms with Gasteiger partial charge in [-0.1, -0.05) is 0 Å². The number of halogens is 2. The Bertz CT molecular complexity index is 846. The molecule has 0 spiro atoms. The second kappa shape index (κ2) is 7.99. The zero-order valence-corrected chi connectivity index (χ0v) is 10.6. The molecule has 21 heavy (non-hydrogen) atoms. The van der Waals surface area contributed by atoms with Crippen LogP contribution in [0.2, 0.25) is 0 Å². The molecule has 12 nitrogen and oxygen atoms in total. The summed E-state index contributed by atoms with van der Waals surface area (Å²) in [6.07, 6.45) is 0. The number of aromatic amines is 4. The van der Waals surface area contributed by atoms with Crippen LogP contribution in [0.5, 0.6) is 0 Å². The van der Waals surface area contributed by atoms with E-state index in [9.17, 15) is 28.8 Å². The van der Waals surface area contributed by atoms with Crippen LogP contribution >= 0.6 is 23.6 Å². The van der Waals surface area contributed by atoms with E-state index in [1.807, 2.05) is 0 Å². The van der Waals surface area contributed by atoms with E-state index in [2.05, 4.69) is 0 Å². The molecule has 0 fully saturated rings. The van der Waals surface area contributed by atoms with Gasteiger partial charge in [0.2, 0.25) is 0 Å². The molecule has 0 aliphatic heterocycles. The van der Waals surface area contributed by atoms with Crippen molar-refractivity contribution in [1.82, 2.24) is 28.1 Å². The summed E-state index contributed by atoms with van der Waals surface area (Å²) < 4.78 is 0.322. The van der Waals surface area contributed by atoms with E-state index < -0.39 is 34.1 Å². The summed E-state index contributed by atoms with van der Waals surface area (Å²) >= 11 is 10.1. The first-order chi connectivity index (χ1) is 9.22. The Labute approximate surface area is 143 Å². The third-order valence-electron chi connectivity index (χ3n) is 1.59. The van der Waals surface area contributed by atoms with Gasteiger partial charge in [-0.05, 0) is 0 Å². The minimum atomic E-state index is -1.10. The van der Waals surface area contributed by atoms with E-state index in [1.165, 1.54) is 0 Å². The van der Waals surface area contributed by atoms with Gasteiger partial charge in [0.15, 0.2) is 0 Å².